The summed E-state index contributed by atoms with van der Waals surface area (Å²) in [6.45, 7) is 6.04. The van der Waals surface area contributed by atoms with Gasteiger partial charge in [0.2, 0.25) is 5.54 Å². The van der Waals surface area contributed by atoms with Crippen molar-refractivity contribution in [2.24, 2.45) is 5.73 Å². The molecule has 118 valence electrons. The first kappa shape index (κ1) is 15.7. The van der Waals surface area contributed by atoms with Crippen molar-refractivity contribution in [3.05, 3.63) is 22.0 Å². The summed E-state index contributed by atoms with van der Waals surface area (Å²) in [6, 6.07) is 0. The molecule has 1 amide bonds. The third-order valence-corrected chi connectivity index (χ3v) is 3.96. The van der Waals surface area contributed by atoms with E-state index < -0.39 is 16.4 Å². The third kappa shape index (κ3) is 3.14. The molecule has 0 aromatic rings. The fourth-order valence-electron chi connectivity index (χ4n) is 2.61. The van der Waals surface area contributed by atoms with Gasteiger partial charge in [-0.15, -0.1) is 0 Å². The molecule has 9 nitrogen and oxygen atoms in total. The molecule has 1 unspecified atom stereocenters. The quantitative estimate of drug-likeness (QED) is 0.472. The Balaban J connectivity index is 2.02. The van der Waals surface area contributed by atoms with E-state index in [-0.39, 0.29) is 12.1 Å². The highest BCUT2D eigenvalue weighted by Gasteiger charge is 2.52. The molecule has 9 heteroatoms. The number of nitrogens with two attached hydrogens (primary N) is 1. The third-order valence-electron chi connectivity index (χ3n) is 3.96. The van der Waals surface area contributed by atoms with E-state index in [0.717, 1.165) is 19.6 Å². The largest absolute Gasteiger partial charge is 0.379 e. The van der Waals surface area contributed by atoms with Crippen LogP contribution < -0.4 is 11.2 Å². The molecule has 0 aromatic carbocycles. The summed E-state index contributed by atoms with van der Waals surface area (Å²) in [4.78, 5) is 24.5. The number of carbonyl (C=O) groups is 1. The van der Waals surface area contributed by atoms with Crippen molar-refractivity contribution >= 4 is 5.91 Å². The molecule has 1 fully saturated rings. The predicted octanol–water partition coefficient (Wildman–Crippen LogP) is -1.11. The van der Waals surface area contributed by atoms with Gasteiger partial charge in [0.15, 0.2) is 0 Å². The zero-order chi connectivity index (χ0) is 15.5. The average molecular weight is 299 g/mol. The Hall–Kier alpha value is -1.71. The van der Waals surface area contributed by atoms with Crippen LogP contribution in [0.2, 0.25) is 0 Å². The lowest BCUT2D eigenvalue weighted by Crippen LogP contribution is -2.58. The molecule has 0 spiro atoms. The first-order valence-electron chi connectivity index (χ1n) is 7.00. The molecule has 2 aliphatic rings. The van der Waals surface area contributed by atoms with Crippen LogP contribution in [0.15, 0.2) is 11.9 Å². The monoisotopic (exact) mass is 299 g/mol. The lowest BCUT2D eigenvalue weighted by molar-refractivity contribution is -0.432. The van der Waals surface area contributed by atoms with Crippen LogP contribution in [0.25, 0.3) is 0 Å². The van der Waals surface area contributed by atoms with Crippen molar-refractivity contribution in [3.63, 3.8) is 0 Å². The molecule has 0 radical (unpaired) electrons. The van der Waals surface area contributed by atoms with E-state index in [1.807, 2.05) is 0 Å². The van der Waals surface area contributed by atoms with Crippen LogP contribution in [0.4, 0.5) is 0 Å². The van der Waals surface area contributed by atoms with Gasteiger partial charge in [-0.3, -0.25) is 19.8 Å². The van der Waals surface area contributed by atoms with Crippen LogP contribution in [0.1, 0.15) is 13.3 Å². The number of morpholine rings is 1. The second kappa shape index (κ2) is 6.37. The second-order valence-electron chi connectivity index (χ2n) is 5.15. The van der Waals surface area contributed by atoms with Gasteiger partial charge in [-0.1, -0.05) is 6.92 Å². The van der Waals surface area contributed by atoms with E-state index in [0.29, 0.717) is 19.8 Å². The maximum Gasteiger partial charge on any atom is 0.294 e. The molecule has 2 rings (SSSR count). The number of hydrogen-bond donors (Lipinski definition) is 2. The Labute approximate surface area is 122 Å². The molecular weight excluding hydrogens is 278 g/mol. The van der Waals surface area contributed by atoms with E-state index in [1.165, 1.54) is 6.20 Å². The summed E-state index contributed by atoms with van der Waals surface area (Å²) in [5, 5.41) is 12.8. The highest BCUT2D eigenvalue weighted by atomic mass is 16.6. The van der Waals surface area contributed by atoms with E-state index in [4.69, 9.17) is 10.5 Å². The molecule has 1 atom stereocenters. The number of hydrazine groups is 1. The minimum Gasteiger partial charge on any atom is -0.379 e. The van der Waals surface area contributed by atoms with Crippen LogP contribution in [0.3, 0.4) is 0 Å². The lowest BCUT2D eigenvalue weighted by atomic mass is 9.93. The number of nitrogens with one attached hydrogen (secondary N) is 1. The summed E-state index contributed by atoms with van der Waals surface area (Å²) in [7, 11) is 0. The van der Waals surface area contributed by atoms with Gasteiger partial charge in [0, 0.05) is 26.2 Å². The van der Waals surface area contributed by atoms with Crippen LogP contribution in [0, 0.1) is 10.1 Å². The lowest BCUT2D eigenvalue weighted by Gasteiger charge is -2.30. The number of primary amides is 1. The topological polar surface area (TPSA) is 114 Å². The Kier molecular flexibility index (Phi) is 4.76. The summed E-state index contributed by atoms with van der Waals surface area (Å²) in [6.07, 6.45) is 1.60. The summed E-state index contributed by atoms with van der Waals surface area (Å²) in [5.41, 5.74) is 6.65. The molecular formula is C12H21N5O4. The van der Waals surface area contributed by atoms with Gasteiger partial charge in [0.05, 0.1) is 24.3 Å². The molecule has 2 heterocycles. The van der Waals surface area contributed by atoms with E-state index in [2.05, 4.69) is 10.3 Å². The van der Waals surface area contributed by atoms with Crippen molar-refractivity contribution in [1.82, 2.24) is 15.3 Å². The number of hydrogen-bond acceptors (Lipinski definition) is 7. The minimum absolute atomic E-state index is 0.195. The molecule has 0 aromatic heterocycles. The fraction of sp³-hybridized carbons (Fsp3) is 0.750. The second-order valence-corrected chi connectivity index (χ2v) is 5.15. The standard InChI is InChI=1S/C12H21N5O4/c1-2-12(11(13)18)10(17(19)20)9-16(14-12)4-3-15-5-7-21-8-6-15/h9,14H,2-8H2,1H3,(H2,13,18). The number of carbonyl (C=O) groups excluding carboxylic acids is 1. The average Bonchev–Trinajstić information content (AvgIpc) is 2.87. The van der Waals surface area contributed by atoms with Gasteiger partial charge in [-0.2, -0.15) is 0 Å². The zero-order valence-corrected chi connectivity index (χ0v) is 12.1. The summed E-state index contributed by atoms with van der Waals surface area (Å²) >= 11 is 0. The van der Waals surface area contributed by atoms with Gasteiger partial charge >= 0.3 is 0 Å². The van der Waals surface area contributed by atoms with Gasteiger partial charge < -0.3 is 15.5 Å². The normalized spacial score (nSPS) is 26.7. The van der Waals surface area contributed by atoms with Crippen LogP contribution >= 0.6 is 0 Å². The van der Waals surface area contributed by atoms with Crippen molar-refractivity contribution in [2.75, 3.05) is 39.4 Å². The Morgan fingerprint density at radius 2 is 2.19 bits per heavy atom. The Bertz CT molecular complexity index is 449. The van der Waals surface area contributed by atoms with Gasteiger partial charge in [-0.05, 0) is 6.42 Å². The van der Waals surface area contributed by atoms with Crippen molar-refractivity contribution < 1.29 is 14.5 Å². The van der Waals surface area contributed by atoms with E-state index >= 15 is 0 Å². The molecule has 0 saturated carbocycles. The van der Waals surface area contributed by atoms with Crippen LogP contribution in [-0.4, -0.2) is 65.7 Å². The van der Waals surface area contributed by atoms with Gasteiger partial charge in [-0.25, -0.2) is 5.43 Å². The number of rotatable bonds is 6. The van der Waals surface area contributed by atoms with E-state index in [1.54, 1.807) is 11.9 Å². The van der Waals surface area contributed by atoms with Crippen molar-refractivity contribution in [3.8, 4) is 0 Å². The highest BCUT2D eigenvalue weighted by Crippen LogP contribution is 2.27. The summed E-state index contributed by atoms with van der Waals surface area (Å²) < 4.78 is 5.27. The predicted molar refractivity (Wildman–Crippen MR) is 74.4 cm³/mol. The fourth-order valence-corrected chi connectivity index (χ4v) is 2.61. The van der Waals surface area contributed by atoms with E-state index in [9.17, 15) is 14.9 Å². The maximum atomic E-state index is 11.7. The van der Waals surface area contributed by atoms with Crippen molar-refractivity contribution in [2.45, 2.75) is 18.9 Å². The number of nitrogens with zero attached hydrogens (tertiary/aromatic N) is 3. The SMILES string of the molecule is CCC1(C(N)=O)NN(CCN2CCOCC2)C=C1[N+](=O)[O-]. The molecule has 1 saturated heterocycles. The first-order chi connectivity index (χ1) is 9.99. The van der Waals surface area contributed by atoms with Crippen LogP contribution in [-0.2, 0) is 9.53 Å². The Morgan fingerprint density at radius 3 is 2.67 bits per heavy atom. The number of nitro groups is 1. The molecule has 0 aliphatic carbocycles. The minimum atomic E-state index is -1.42. The molecule has 21 heavy (non-hydrogen) atoms. The molecule has 2 aliphatic heterocycles. The molecule has 3 N–H and O–H groups in total. The highest BCUT2D eigenvalue weighted by molar-refractivity contribution is 5.88. The maximum absolute atomic E-state index is 11.7. The number of amides is 1. The first-order valence-corrected chi connectivity index (χ1v) is 7.00. The van der Waals surface area contributed by atoms with Crippen molar-refractivity contribution in [1.29, 1.82) is 0 Å². The Morgan fingerprint density at radius 1 is 1.52 bits per heavy atom. The summed E-state index contributed by atoms with van der Waals surface area (Å²) in [5.74, 6) is -0.734. The number of ether oxygens (including phenoxy) is 1. The van der Waals surface area contributed by atoms with Gasteiger partial charge in [0.25, 0.3) is 11.6 Å². The molecule has 0 bridgehead atoms. The van der Waals surface area contributed by atoms with Gasteiger partial charge in [0.1, 0.15) is 0 Å². The van der Waals surface area contributed by atoms with Crippen LogP contribution in [0.5, 0.6) is 0 Å². The zero-order valence-electron chi connectivity index (χ0n) is 12.1. The smallest absolute Gasteiger partial charge is 0.294 e.